The normalized spacial score (nSPS) is 10.9. The molecule has 0 aliphatic heterocycles. The van der Waals surface area contributed by atoms with Gasteiger partial charge in [0, 0.05) is 5.56 Å². The third-order valence-electron chi connectivity index (χ3n) is 1.82. The Labute approximate surface area is 90.3 Å². The molecule has 0 amide bonds. The van der Waals surface area contributed by atoms with Crippen LogP contribution in [-0.4, -0.2) is 12.9 Å². The van der Waals surface area contributed by atoms with E-state index < -0.39 is 17.3 Å². The monoisotopic (exact) mass is 230 g/mol. The molecule has 0 aliphatic rings. The fourth-order valence-corrected chi connectivity index (χ4v) is 1.13. The first-order chi connectivity index (χ1) is 7.49. The number of hydrogen-bond donors (Lipinski definition) is 0. The molecule has 0 heterocycles. The molecule has 0 saturated heterocycles. The second-order valence-corrected chi connectivity index (χ2v) is 2.96. The van der Waals surface area contributed by atoms with Crippen LogP contribution in [0, 0.1) is 0 Å². The van der Waals surface area contributed by atoms with Crippen LogP contribution in [0.1, 0.15) is 15.9 Å². The molecule has 0 spiro atoms. The molecule has 86 valence electrons. The first-order valence-electron chi connectivity index (χ1n) is 4.39. The van der Waals surface area contributed by atoms with Crippen molar-refractivity contribution in [1.29, 1.82) is 0 Å². The van der Waals surface area contributed by atoms with Crippen LogP contribution in [0.15, 0.2) is 30.9 Å². The highest BCUT2D eigenvalue weighted by Gasteiger charge is 2.33. The first kappa shape index (κ1) is 12.3. The van der Waals surface area contributed by atoms with E-state index in [1.54, 1.807) is 0 Å². The smallest absolute Gasteiger partial charge is 0.417 e. The van der Waals surface area contributed by atoms with Crippen molar-refractivity contribution in [2.24, 2.45) is 0 Å². The molecule has 1 rings (SSSR count). The number of benzene rings is 1. The van der Waals surface area contributed by atoms with Gasteiger partial charge in [-0.05, 0) is 18.2 Å². The van der Waals surface area contributed by atoms with Gasteiger partial charge in [0.1, 0.15) is 12.4 Å². The van der Waals surface area contributed by atoms with Crippen molar-refractivity contribution in [3.05, 3.63) is 42.0 Å². The third-order valence-corrected chi connectivity index (χ3v) is 1.82. The van der Waals surface area contributed by atoms with E-state index in [1.165, 1.54) is 12.1 Å². The van der Waals surface area contributed by atoms with Crippen molar-refractivity contribution < 1.29 is 22.7 Å². The van der Waals surface area contributed by atoms with E-state index in [1.807, 2.05) is 0 Å². The minimum atomic E-state index is -4.57. The average Bonchev–Trinajstić information content (AvgIpc) is 2.24. The van der Waals surface area contributed by atoms with Gasteiger partial charge in [0.2, 0.25) is 0 Å². The molecule has 1 aromatic rings. The highest BCUT2D eigenvalue weighted by atomic mass is 19.4. The number of aldehydes is 1. The Morgan fingerprint density at radius 1 is 1.38 bits per heavy atom. The van der Waals surface area contributed by atoms with Gasteiger partial charge in [0.15, 0.2) is 6.29 Å². The van der Waals surface area contributed by atoms with Crippen LogP contribution in [0.4, 0.5) is 13.2 Å². The van der Waals surface area contributed by atoms with Crippen molar-refractivity contribution >= 4 is 6.29 Å². The number of alkyl halides is 3. The minimum absolute atomic E-state index is 0.0535. The summed E-state index contributed by atoms with van der Waals surface area (Å²) in [5.74, 6) is 0.0535. The maximum absolute atomic E-state index is 12.5. The number of ether oxygens (including phenoxy) is 1. The van der Waals surface area contributed by atoms with Crippen LogP contribution in [-0.2, 0) is 6.18 Å². The largest absolute Gasteiger partial charge is 0.490 e. The van der Waals surface area contributed by atoms with E-state index in [9.17, 15) is 18.0 Å². The number of halogens is 3. The highest BCUT2D eigenvalue weighted by molar-refractivity contribution is 5.78. The molecule has 0 bridgehead atoms. The van der Waals surface area contributed by atoms with Gasteiger partial charge in [0.05, 0.1) is 5.56 Å². The second-order valence-electron chi connectivity index (χ2n) is 2.96. The number of carbonyl (C=O) groups excluding carboxylic acids is 1. The van der Waals surface area contributed by atoms with Crippen molar-refractivity contribution in [2.45, 2.75) is 6.18 Å². The van der Waals surface area contributed by atoms with Crippen LogP contribution in [0.3, 0.4) is 0 Å². The van der Waals surface area contributed by atoms with Crippen LogP contribution in [0.2, 0.25) is 0 Å². The molecule has 0 aliphatic carbocycles. The van der Waals surface area contributed by atoms with Crippen LogP contribution >= 0.6 is 0 Å². The molecule has 2 nitrogen and oxygen atoms in total. The molecule has 0 N–H and O–H groups in total. The number of rotatable bonds is 4. The minimum Gasteiger partial charge on any atom is -0.490 e. The van der Waals surface area contributed by atoms with Gasteiger partial charge < -0.3 is 4.74 Å². The SMILES string of the molecule is C=CCOc1ccc(C=O)c(C(F)(F)F)c1. The van der Waals surface area contributed by atoms with E-state index in [0.29, 0.717) is 0 Å². The molecule has 0 atom stereocenters. The lowest BCUT2D eigenvalue weighted by Gasteiger charge is -2.11. The molecule has 1 aromatic carbocycles. The lowest BCUT2D eigenvalue weighted by Crippen LogP contribution is -2.09. The van der Waals surface area contributed by atoms with Crippen molar-refractivity contribution in [2.75, 3.05) is 6.61 Å². The van der Waals surface area contributed by atoms with Crippen LogP contribution < -0.4 is 4.74 Å². The topological polar surface area (TPSA) is 26.3 Å². The Hall–Kier alpha value is -1.78. The van der Waals surface area contributed by atoms with Crippen molar-refractivity contribution in [3.63, 3.8) is 0 Å². The molecular formula is C11H9F3O2. The van der Waals surface area contributed by atoms with E-state index in [0.717, 1.165) is 12.1 Å². The fourth-order valence-electron chi connectivity index (χ4n) is 1.13. The second kappa shape index (κ2) is 4.83. The van der Waals surface area contributed by atoms with Gasteiger partial charge in [-0.15, -0.1) is 0 Å². The summed E-state index contributed by atoms with van der Waals surface area (Å²) in [6.07, 6.45) is -2.98. The Kier molecular flexibility index (Phi) is 3.71. The zero-order chi connectivity index (χ0) is 12.2. The Morgan fingerprint density at radius 3 is 2.56 bits per heavy atom. The van der Waals surface area contributed by atoms with Crippen molar-refractivity contribution in [3.8, 4) is 5.75 Å². The van der Waals surface area contributed by atoms with Gasteiger partial charge in [-0.25, -0.2) is 0 Å². The van der Waals surface area contributed by atoms with E-state index in [2.05, 4.69) is 6.58 Å². The van der Waals surface area contributed by atoms with Gasteiger partial charge in [0.25, 0.3) is 0 Å². The Bertz CT molecular complexity index is 397. The zero-order valence-corrected chi connectivity index (χ0v) is 8.25. The predicted octanol–water partition coefficient (Wildman–Crippen LogP) is 3.08. The molecule has 0 radical (unpaired) electrons. The van der Waals surface area contributed by atoms with Crippen LogP contribution in [0.25, 0.3) is 0 Å². The summed E-state index contributed by atoms with van der Waals surface area (Å²) < 4.78 is 42.5. The van der Waals surface area contributed by atoms with Gasteiger partial charge >= 0.3 is 6.18 Å². The molecule has 0 unspecified atom stereocenters. The first-order valence-corrected chi connectivity index (χ1v) is 4.39. The molecule has 5 heteroatoms. The predicted molar refractivity (Wildman–Crippen MR) is 52.5 cm³/mol. The summed E-state index contributed by atoms with van der Waals surface area (Å²) in [5.41, 5.74) is -1.40. The number of carbonyl (C=O) groups is 1. The Balaban J connectivity index is 3.11. The zero-order valence-electron chi connectivity index (χ0n) is 8.25. The van der Waals surface area contributed by atoms with Gasteiger partial charge in [-0.2, -0.15) is 13.2 Å². The van der Waals surface area contributed by atoms with Crippen molar-refractivity contribution in [1.82, 2.24) is 0 Å². The summed E-state index contributed by atoms with van der Waals surface area (Å²) in [4.78, 5) is 10.4. The summed E-state index contributed by atoms with van der Waals surface area (Å²) >= 11 is 0. The third kappa shape index (κ3) is 2.85. The van der Waals surface area contributed by atoms with E-state index in [-0.39, 0.29) is 18.6 Å². The van der Waals surface area contributed by atoms with Gasteiger partial charge in [-0.1, -0.05) is 12.7 Å². The molecular weight excluding hydrogens is 221 g/mol. The lowest BCUT2D eigenvalue weighted by molar-refractivity contribution is -0.137. The maximum Gasteiger partial charge on any atom is 0.417 e. The van der Waals surface area contributed by atoms with Crippen LogP contribution in [0.5, 0.6) is 5.75 Å². The lowest BCUT2D eigenvalue weighted by atomic mass is 10.1. The summed E-state index contributed by atoms with van der Waals surface area (Å²) in [7, 11) is 0. The highest BCUT2D eigenvalue weighted by Crippen LogP contribution is 2.33. The standard InChI is InChI=1S/C11H9F3O2/c1-2-5-16-9-4-3-8(7-15)10(6-9)11(12,13)14/h2-4,6-7H,1,5H2. The van der Waals surface area contributed by atoms with E-state index >= 15 is 0 Å². The fraction of sp³-hybridized carbons (Fsp3) is 0.182. The number of hydrogen-bond acceptors (Lipinski definition) is 2. The Morgan fingerprint density at radius 2 is 2.06 bits per heavy atom. The summed E-state index contributed by atoms with van der Waals surface area (Å²) in [6.45, 7) is 3.49. The van der Waals surface area contributed by atoms with Gasteiger partial charge in [-0.3, -0.25) is 4.79 Å². The summed E-state index contributed by atoms with van der Waals surface area (Å²) in [5, 5.41) is 0. The average molecular weight is 230 g/mol. The molecule has 0 aromatic heterocycles. The molecule has 16 heavy (non-hydrogen) atoms. The summed E-state index contributed by atoms with van der Waals surface area (Å²) in [6, 6.07) is 3.18. The molecule has 0 fully saturated rings. The molecule has 0 saturated carbocycles. The van der Waals surface area contributed by atoms with E-state index in [4.69, 9.17) is 4.74 Å². The maximum atomic E-state index is 12.5. The quantitative estimate of drug-likeness (QED) is 0.587.